The number of unbranched alkanes of at least 4 members (excludes halogenated alkanes) is 2. The van der Waals surface area contributed by atoms with Crippen molar-refractivity contribution in [1.29, 1.82) is 0 Å². The van der Waals surface area contributed by atoms with Gasteiger partial charge in [-0.1, -0.05) is 51.7 Å². The summed E-state index contributed by atoms with van der Waals surface area (Å²) in [6.45, 7) is 15.6. The Morgan fingerprint density at radius 2 is 1.67 bits per heavy atom. The van der Waals surface area contributed by atoms with E-state index in [2.05, 4.69) is 23.5 Å². The van der Waals surface area contributed by atoms with Crippen molar-refractivity contribution in [1.82, 2.24) is 15.5 Å². The number of hydrogen-bond acceptors (Lipinski definition) is 4. The third kappa shape index (κ3) is 10.3. The first-order chi connectivity index (χ1) is 16.8. The minimum atomic E-state index is -0.874. The number of carbonyl (C=O) groups is 3. The topological polar surface area (TPSA) is 87.7 Å². The molecule has 0 saturated heterocycles. The van der Waals surface area contributed by atoms with Gasteiger partial charge in [0, 0.05) is 18.2 Å². The van der Waals surface area contributed by atoms with Crippen molar-refractivity contribution in [2.75, 3.05) is 6.54 Å². The van der Waals surface area contributed by atoms with Crippen molar-refractivity contribution >= 4 is 17.9 Å². The maximum absolute atomic E-state index is 14.0. The van der Waals surface area contributed by atoms with Crippen LogP contribution in [0.4, 0.5) is 4.79 Å². The van der Waals surface area contributed by atoms with Crippen molar-refractivity contribution in [2.24, 2.45) is 5.92 Å². The van der Waals surface area contributed by atoms with Gasteiger partial charge in [-0.15, -0.1) is 6.42 Å². The number of nitrogens with one attached hydrogen (secondary N) is 2. The van der Waals surface area contributed by atoms with Gasteiger partial charge in [0.15, 0.2) is 0 Å². The average molecular weight is 500 g/mol. The highest BCUT2D eigenvalue weighted by molar-refractivity contribution is 5.92. The molecule has 2 unspecified atom stereocenters. The number of nitrogens with zero attached hydrogens (tertiary/aromatic N) is 1. The molecule has 0 bridgehead atoms. The number of terminal acetylenes is 1. The summed E-state index contributed by atoms with van der Waals surface area (Å²) >= 11 is 0. The highest BCUT2D eigenvalue weighted by atomic mass is 16.6. The zero-order chi connectivity index (χ0) is 27.5. The zero-order valence-corrected chi connectivity index (χ0v) is 23.3. The maximum atomic E-state index is 14.0. The second-order valence-electron chi connectivity index (χ2n) is 10.8. The fraction of sp³-hybridized carbons (Fsp3) is 0.621. The quantitative estimate of drug-likeness (QED) is 0.306. The first kappa shape index (κ1) is 31.0. The van der Waals surface area contributed by atoms with E-state index < -0.39 is 23.8 Å². The molecule has 0 aliphatic rings. The second-order valence-corrected chi connectivity index (χ2v) is 10.8. The highest BCUT2D eigenvalue weighted by Gasteiger charge is 2.37. The van der Waals surface area contributed by atoms with Crippen molar-refractivity contribution in [3.63, 3.8) is 0 Å². The number of rotatable bonds is 12. The second kappa shape index (κ2) is 14.5. The van der Waals surface area contributed by atoms with Crippen molar-refractivity contribution in [3.8, 4) is 12.3 Å². The lowest BCUT2D eigenvalue weighted by molar-refractivity contribution is -0.144. The van der Waals surface area contributed by atoms with Gasteiger partial charge in [-0.2, -0.15) is 0 Å². The first-order valence-electron chi connectivity index (χ1n) is 13.0. The van der Waals surface area contributed by atoms with Crippen molar-refractivity contribution < 1.29 is 19.1 Å². The highest BCUT2D eigenvalue weighted by Crippen LogP contribution is 2.26. The summed E-state index contributed by atoms with van der Waals surface area (Å²) in [5.74, 6) is 2.11. The Balaban J connectivity index is 3.40. The molecule has 200 valence electrons. The Hall–Kier alpha value is -3.01. The maximum Gasteiger partial charge on any atom is 0.408 e. The number of ether oxygens (including phenoxy) is 1. The molecule has 2 atom stereocenters. The van der Waals surface area contributed by atoms with Crippen molar-refractivity contribution in [2.45, 2.75) is 105 Å². The number of alkyl carbamates (subject to hydrolysis) is 1. The molecular formula is C29H45N3O4. The van der Waals surface area contributed by atoms with Crippen LogP contribution in [0.5, 0.6) is 0 Å². The molecule has 1 aromatic carbocycles. The monoisotopic (exact) mass is 499 g/mol. The normalized spacial score (nSPS) is 13.0. The van der Waals surface area contributed by atoms with E-state index in [0.29, 0.717) is 24.1 Å². The number of carbonyl (C=O) groups excluding carboxylic acids is 3. The van der Waals surface area contributed by atoms with Crippen LogP contribution in [0, 0.1) is 18.3 Å². The zero-order valence-electron chi connectivity index (χ0n) is 23.3. The lowest BCUT2D eigenvalue weighted by Gasteiger charge is -2.37. The molecule has 0 saturated carbocycles. The average Bonchev–Trinajstić information content (AvgIpc) is 2.77. The van der Waals surface area contributed by atoms with Crippen LogP contribution < -0.4 is 10.6 Å². The summed E-state index contributed by atoms with van der Waals surface area (Å²) in [6.07, 6.45) is 8.16. The van der Waals surface area contributed by atoms with E-state index in [1.54, 1.807) is 49.9 Å². The molecule has 3 amide bonds. The van der Waals surface area contributed by atoms with Gasteiger partial charge in [0.05, 0.1) is 0 Å². The van der Waals surface area contributed by atoms with Gasteiger partial charge in [-0.25, -0.2) is 4.79 Å². The van der Waals surface area contributed by atoms with E-state index >= 15 is 0 Å². The van der Waals surface area contributed by atoms with Crippen LogP contribution in [-0.2, 0) is 14.3 Å². The van der Waals surface area contributed by atoms with Gasteiger partial charge < -0.3 is 20.3 Å². The van der Waals surface area contributed by atoms with Gasteiger partial charge >= 0.3 is 6.09 Å². The standard InChI is InChI=1S/C29H45N3O4/c1-10-12-13-18-30-26(33)25(23-16-14-22(11-2)15-17-23)32(21(5)6)27(34)24(19-20(3)4)31-28(35)36-29(7,8)9/h2,14-17,20-21,24-25H,10,12-13,18-19H2,1,3-9H3,(H,30,33)(H,31,35). The van der Waals surface area contributed by atoms with E-state index in [9.17, 15) is 14.4 Å². The summed E-state index contributed by atoms with van der Waals surface area (Å²) < 4.78 is 5.42. The van der Waals surface area contributed by atoms with Crippen LogP contribution in [0.1, 0.15) is 98.2 Å². The lowest BCUT2D eigenvalue weighted by atomic mass is 9.97. The Labute approximate surface area is 217 Å². The number of benzene rings is 1. The molecule has 0 radical (unpaired) electrons. The molecule has 0 aliphatic carbocycles. The summed E-state index contributed by atoms with van der Waals surface area (Å²) in [4.78, 5) is 41.6. The molecule has 36 heavy (non-hydrogen) atoms. The van der Waals surface area contributed by atoms with Crippen LogP contribution in [0.15, 0.2) is 24.3 Å². The molecular weight excluding hydrogens is 454 g/mol. The third-order valence-electron chi connectivity index (χ3n) is 5.51. The predicted molar refractivity (Wildman–Crippen MR) is 144 cm³/mol. The summed E-state index contributed by atoms with van der Waals surface area (Å²) in [5, 5.41) is 5.75. The molecule has 7 heteroatoms. The van der Waals surface area contributed by atoms with Crippen LogP contribution in [0.25, 0.3) is 0 Å². The molecule has 1 aromatic rings. The lowest BCUT2D eigenvalue weighted by Crippen LogP contribution is -2.55. The van der Waals surface area contributed by atoms with Gasteiger partial charge in [-0.05, 0) is 71.1 Å². The number of amides is 3. The third-order valence-corrected chi connectivity index (χ3v) is 5.51. The molecule has 0 aliphatic heterocycles. The molecule has 0 fully saturated rings. The minimum absolute atomic E-state index is 0.124. The summed E-state index contributed by atoms with van der Waals surface area (Å²) in [5.41, 5.74) is 0.643. The first-order valence-corrected chi connectivity index (χ1v) is 13.0. The summed E-state index contributed by atoms with van der Waals surface area (Å²) in [6, 6.07) is 5.07. The van der Waals surface area contributed by atoms with Crippen LogP contribution >= 0.6 is 0 Å². The summed E-state index contributed by atoms with van der Waals surface area (Å²) in [7, 11) is 0. The SMILES string of the molecule is C#Cc1ccc(C(C(=O)NCCCCC)N(C(=O)C(CC(C)C)NC(=O)OC(C)(C)C)C(C)C)cc1. The smallest absolute Gasteiger partial charge is 0.408 e. The Kier molecular flexibility index (Phi) is 12.5. The van der Waals surface area contributed by atoms with E-state index in [4.69, 9.17) is 11.2 Å². The van der Waals surface area contributed by atoms with E-state index in [-0.39, 0.29) is 23.8 Å². The van der Waals surface area contributed by atoms with Gasteiger partial charge in [0.25, 0.3) is 0 Å². The minimum Gasteiger partial charge on any atom is -0.444 e. The van der Waals surface area contributed by atoms with Crippen LogP contribution in [0.3, 0.4) is 0 Å². The molecule has 0 aromatic heterocycles. The molecule has 7 nitrogen and oxygen atoms in total. The van der Waals surface area contributed by atoms with Gasteiger partial charge in [0.2, 0.25) is 11.8 Å². The van der Waals surface area contributed by atoms with E-state index in [1.165, 1.54) is 0 Å². The fourth-order valence-electron chi connectivity index (χ4n) is 3.89. The van der Waals surface area contributed by atoms with E-state index in [0.717, 1.165) is 19.3 Å². The van der Waals surface area contributed by atoms with E-state index in [1.807, 2.05) is 27.7 Å². The van der Waals surface area contributed by atoms with Gasteiger partial charge in [-0.3, -0.25) is 9.59 Å². The Morgan fingerprint density at radius 3 is 2.14 bits per heavy atom. The molecule has 0 spiro atoms. The van der Waals surface area contributed by atoms with Crippen LogP contribution in [0.2, 0.25) is 0 Å². The molecule has 2 N–H and O–H groups in total. The largest absolute Gasteiger partial charge is 0.444 e. The van der Waals surface area contributed by atoms with Crippen molar-refractivity contribution in [3.05, 3.63) is 35.4 Å². The van der Waals surface area contributed by atoms with Gasteiger partial charge in [0.1, 0.15) is 17.7 Å². The van der Waals surface area contributed by atoms with Crippen LogP contribution in [-0.4, -0.2) is 47.0 Å². The Bertz CT molecular complexity index is 895. The molecule has 0 heterocycles. The Morgan fingerprint density at radius 1 is 1.06 bits per heavy atom. The predicted octanol–water partition coefficient (Wildman–Crippen LogP) is 5.19. The fourth-order valence-corrected chi connectivity index (χ4v) is 3.89. The molecule has 1 rings (SSSR count). The number of hydrogen-bond donors (Lipinski definition) is 2.